The fraction of sp³-hybridized carbons (Fsp3) is 0.364. The molecule has 1 aliphatic rings. The minimum Gasteiger partial charge on any atom is -0.488 e. The largest absolute Gasteiger partial charge is 0.488 e. The zero-order valence-corrected chi connectivity index (χ0v) is 8.96. The summed E-state index contributed by atoms with van der Waals surface area (Å²) < 4.78 is 31.5. The van der Waals surface area contributed by atoms with E-state index < -0.39 is 11.6 Å². The van der Waals surface area contributed by atoms with Crippen LogP contribution in [0.3, 0.4) is 0 Å². The average molecular weight is 227 g/mol. The predicted molar refractivity (Wildman–Crippen MR) is 54.5 cm³/mol. The molecule has 86 valence electrons. The van der Waals surface area contributed by atoms with Gasteiger partial charge in [0.2, 0.25) is 5.91 Å². The van der Waals surface area contributed by atoms with Crippen molar-refractivity contribution in [2.24, 2.45) is 0 Å². The summed E-state index contributed by atoms with van der Waals surface area (Å²) in [6, 6.07) is 1.94. The number of rotatable bonds is 0. The molecule has 2 rings (SSSR count). The number of hydrogen-bond acceptors (Lipinski definition) is 2. The maximum Gasteiger partial charge on any atom is 0.230 e. The number of carbonyl (C=O) groups is 1. The third kappa shape index (κ3) is 1.73. The minimum absolute atomic E-state index is 0.183. The minimum atomic E-state index is -0.989. The zero-order chi connectivity index (χ0) is 11.9. The summed E-state index contributed by atoms with van der Waals surface area (Å²) >= 11 is 0. The molecule has 1 heterocycles. The Balaban J connectivity index is 2.55. The van der Waals surface area contributed by atoms with Gasteiger partial charge in [-0.3, -0.25) is 4.79 Å². The Morgan fingerprint density at radius 3 is 2.69 bits per heavy atom. The topological polar surface area (TPSA) is 29.5 Å². The molecule has 0 bridgehead atoms. The Morgan fingerprint density at radius 1 is 1.38 bits per heavy atom. The summed E-state index contributed by atoms with van der Waals surface area (Å²) in [7, 11) is 1.51. The standard InChI is InChI=1S/C11H11F2NO2/c1-6-3-11(15)14(2)9-4-7(12)8(13)5-10(9)16-6/h4-6H,3H2,1-2H3. The van der Waals surface area contributed by atoms with Gasteiger partial charge in [-0.1, -0.05) is 0 Å². The molecule has 1 aromatic rings. The van der Waals surface area contributed by atoms with Crippen LogP contribution in [0.25, 0.3) is 0 Å². The first-order valence-electron chi connectivity index (χ1n) is 4.91. The second kappa shape index (κ2) is 3.73. The van der Waals surface area contributed by atoms with Crippen molar-refractivity contribution in [2.75, 3.05) is 11.9 Å². The second-order valence-electron chi connectivity index (χ2n) is 3.82. The molecule has 0 N–H and O–H groups in total. The van der Waals surface area contributed by atoms with Gasteiger partial charge < -0.3 is 9.64 Å². The molecule has 3 nitrogen and oxygen atoms in total. The zero-order valence-electron chi connectivity index (χ0n) is 8.96. The van der Waals surface area contributed by atoms with Gasteiger partial charge in [-0.15, -0.1) is 0 Å². The maximum absolute atomic E-state index is 13.1. The first kappa shape index (κ1) is 10.9. The monoisotopic (exact) mass is 227 g/mol. The molecule has 0 radical (unpaired) electrons. The van der Waals surface area contributed by atoms with E-state index in [1.807, 2.05) is 0 Å². The number of carbonyl (C=O) groups excluding carboxylic acids is 1. The average Bonchev–Trinajstić information content (AvgIpc) is 2.29. The van der Waals surface area contributed by atoms with Crippen LogP contribution >= 0.6 is 0 Å². The Kier molecular flexibility index (Phi) is 2.53. The van der Waals surface area contributed by atoms with Crippen LogP contribution in [0, 0.1) is 11.6 Å². The molecule has 1 unspecified atom stereocenters. The molecule has 1 amide bonds. The Labute approximate surface area is 91.6 Å². The highest BCUT2D eigenvalue weighted by Crippen LogP contribution is 2.33. The molecule has 1 aliphatic heterocycles. The third-order valence-corrected chi connectivity index (χ3v) is 2.53. The Hall–Kier alpha value is -1.65. The lowest BCUT2D eigenvalue weighted by Gasteiger charge is -2.16. The number of halogens is 2. The van der Waals surface area contributed by atoms with Crippen molar-refractivity contribution in [1.29, 1.82) is 0 Å². The molecule has 0 aliphatic carbocycles. The number of amides is 1. The molecule has 0 spiro atoms. The van der Waals surface area contributed by atoms with Gasteiger partial charge in [0.25, 0.3) is 0 Å². The van der Waals surface area contributed by atoms with E-state index in [-0.39, 0.29) is 29.9 Å². The first-order chi connectivity index (χ1) is 7.49. The van der Waals surface area contributed by atoms with Gasteiger partial charge in [0, 0.05) is 19.2 Å². The lowest BCUT2D eigenvalue weighted by Crippen LogP contribution is -2.27. The molecule has 0 aromatic heterocycles. The van der Waals surface area contributed by atoms with E-state index >= 15 is 0 Å². The van der Waals surface area contributed by atoms with Crippen LogP contribution in [0.4, 0.5) is 14.5 Å². The number of hydrogen-bond donors (Lipinski definition) is 0. The number of nitrogens with zero attached hydrogens (tertiary/aromatic N) is 1. The third-order valence-electron chi connectivity index (χ3n) is 2.53. The Bertz CT molecular complexity index is 448. The van der Waals surface area contributed by atoms with Crippen LogP contribution in [-0.2, 0) is 4.79 Å². The SMILES string of the molecule is CC1CC(=O)N(C)c2cc(F)c(F)cc2O1. The van der Waals surface area contributed by atoms with Crippen molar-refractivity contribution in [1.82, 2.24) is 0 Å². The summed E-state index contributed by atoms with van der Waals surface area (Å²) in [4.78, 5) is 12.9. The molecule has 16 heavy (non-hydrogen) atoms. The van der Waals surface area contributed by atoms with Gasteiger partial charge in [-0.25, -0.2) is 8.78 Å². The highest BCUT2D eigenvalue weighted by atomic mass is 19.2. The molecule has 5 heteroatoms. The van der Waals surface area contributed by atoms with Gasteiger partial charge in [0.1, 0.15) is 11.9 Å². The smallest absolute Gasteiger partial charge is 0.230 e. The molecule has 0 saturated carbocycles. The molecular formula is C11H11F2NO2. The van der Waals surface area contributed by atoms with Crippen LogP contribution in [0.15, 0.2) is 12.1 Å². The molecule has 1 atom stereocenters. The normalized spacial score (nSPS) is 20.1. The molecule has 1 aromatic carbocycles. The van der Waals surface area contributed by atoms with Crippen molar-refractivity contribution < 1.29 is 18.3 Å². The van der Waals surface area contributed by atoms with Crippen LogP contribution in [-0.4, -0.2) is 19.1 Å². The summed E-state index contributed by atoms with van der Waals surface area (Å²) in [5, 5.41) is 0. The van der Waals surface area contributed by atoms with E-state index in [0.29, 0.717) is 0 Å². The fourth-order valence-corrected chi connectivity index (χ4v) is 1.65. The van der Waals surface area contributed by atoms with Gasteiger partial charge in [0.15, 0.2) is 11.6 Å². The summed E-state index contributed by atoms with van der Waals surface area (Å²) in [5.41, 5.74) is 0.258. The van der Waals surface area contributed by atoms with E-state index in [0.717, 1.165) is 12.1 Å². The van der Waals surface area contributed by atoms with Crippen molar-refractivity contribution >= 4 is 11.6 Å². The maximum atomic E-state index is 13.1. The number of ether oxygens (including phenoxy) is 1. The van der Waals surface area contributed by atoms with Crippen LogP contribution in [0.5, 0.6) is 5.75 Å². The predicted octanol–water partition coefficient (Wildman–Crippen LogP) is 2.10. The summed E-state index contributed by atoms with van der Waals surface area (Å²) in [6.07, 6.45) is -0.157. The van der Waals surface area contributed by atoms with E-state index in [1.165, 1.54) is 11.9 Å². The van der Waals surface area contributed by atoms with E-state index in [2.05, 4.69) is 0 Å². The molecule has 0 fully saturated rings. The van der Waals surface area contributed by atoms with Gasteiger partial charge in [0.05, 0.1) is 12.1 Å². The lowest BCUT2D eigenvalue weighted by molar-refractivity contribution is -0.119. The quantitative estimate of drug-likeness (QED) is 0.679. The van der Waals surface area contributed by atoms with E-state index in [1.54, 1.807) is 6.92 Å². The Morgan fingerprint density at radius 2 is 2.00 bits per heavy atom. The molecule has 0 saturated heterocycles. The second-order valence-corrected chi connectivity index (χ2v) is 3.82. The van der Waals surface area contributed by atoms with Gasteiger partial charge in [-0.2, -0.15) is 0 Å². The van der Waals surface area contributed by atoms with Crippen molar-refractivity contribution in [3.63, 3.8) is 0 Å². The van der Waals surface area contributed by atoms with Crippen LogP contribution in [0.2, 0.25) is 0 Å². The fourth-order valence-electron chi connectivity index (χ4n) is 1.65. The molecular weight excluding hydrogens is 216 g/mol. The summed E-state index contributed by atoms with van der Waals surface area (Å²) in [5.74, 6) is -1.96. The van der Waals surface area contributed by atoms with Crippen LogP contribution < -0.4 is 9.64 Å². The van der Waals surface area contributed by atoms with Crippen molar-refractivity contribution in [2.45, 2.75) is 19.4 Å². The number of benzene rings is 1. The first-order valence-corrected chi connectivity index (χ1v) is 4.91. The highest BCUT2D eigenvalue weighted by molar-refractivity contribution is 5.95. The number of fused-ring (bicyclic) bond motifs is 1. The van der Waals surface area contributed by atoms with Crippen molar-refractivity contribution in [3.05, 3.63) is 23.8 Å². The van der Waals surface area contributed by atoms with Crippen LogP contribution in [0.1, 0.15) is 13.3 Å². The van der Waals surface area contributed by atoms with E-state index in [9.17, 15) is 13.6 Å². The van der Waals surface area contributed by atoms with Gasteiger partial charge >= 0.3 is 0 Å². The lowest BCUT2D eigenvalue weighted by atomic mass is 10.2. The summed E-state index contributed by atoms with van der Waals surface area (Å²) in [6.45, 7) is 1.71. The highest BCUT2D eigenvalue weighted by Gasteiger charge is 2.25. The van der Waals surface area contributed by atoms with E-state index in [4.69, 9.17) is 4.74 Å². The number of anilines is 1. The van der Waals surface area contributed by atoms with Crippen molar-refractivity contribution in [3.8, 4) is 5.75 Å². The van der Waals surface area contributed by atoms with Gasteiger partial charge in [-0.05, 0) is 6.92 Å².